The Balaban J connectivity index is 1.52. The van der Waals surface area contributed by atoms with Crippen molar-refractivity contribution >= 4 is 28.3 Å². The Morgan fingerprint density at radius 3 is 2.35 bits per heavy atom. The lowest BCUT2D eigenvalue weighted by Gasteiger charge is -2.05. The van der Waals surface area contributed by atoms with Gasteiger partial charge in [0.25, 0.3) is 5.91 Å². The second kappa shape index (κ2) is 8.40. The van der Waals surface area contributed by atoms with Crippen LogP contribution in [0, 0.1) is 6.92 Å². The summed E-state index contributed by atoms with van der Waals surface area (Å²) in [6.07, 6.45) is 0.192. The first-order valence-electron chi connectivity index (χ1n) is 8.29. The number of nitrogens with zero attached hydrogens (tertiary/aromatic N) is 1. The average Bonchev–Trinajstić information content (AvgIpc) is 3.03. The summed E-state index contributed by atoms with van der Waals surface area (Å²) in [5.74, 6) is -0.360. The Morgan fingerprint density at radius 1 is 1.00 bits per heavy atom. The summed E-state index contributed by atoms with van der Waals surface area (Å²) >= 11 is 1.45. The van der Waals surface area contributed by atoms with E-state index in [0.29, 0.717) is 10.7 Å². The number of hydrogen-bond donors (Lipinski definition) is 2. The molecule has 3 rings (SSSR count). The van der Waals surface area contributed by atoms with Crippen LogP contribution in [-0.2, 0) is 4.79 Å². The Morgan fingerprint density at radius 2 is 1.65 bits per heavy atom. The van der Waals surface area contributed by atoms with Crippen LogP contribution in [0.2, 0.25) is 0 Å². The van der Waals surface area contributed by atoms with Crippen LogP contribution in [-0.4, -0.2) is 23.3 Å². The SMILES string of the molecule is Cc1nc(NC(=O)CCNC(=O)c2ccccc2)sc1-c1ccccc1. The molecule has 0 aliphatic heterocycles. The van der Waals surface area contributed by atoms with Crippen molar-refractivity contribution in [2.45, 2.75) is 13.3 Å². The Bertz CT molecular complexity index is 892. The van der Waals surface area contributed by atoms with Crippen molar-refractivity contribution in [1.82, 2.24) is 10.3 Å². The number of aromatic nitrogens is 1. The van der Waals surface area contributed by atoms with Gasteiger partial charge in [-0.25, -0.2) is 4.98 Å². The van der Waals surface area contributed by atoms with E-state index in [1.165, 1.54) is 11.3 Å². The standard InChI is InChI=1S/C20H19N3O2S/c1-14-18(15-8-4-2-5-9-15)26-20(22-14)23-17(24)12-13-21-19(25)16-10-6-3-7-11-16/h2-11H,12-13H2,1H3,(H,21,25)(H,22,23,24). The van der Waals surface area contributed by atoms with Crippen LogP contribution in [0.5, 0.6) is 0 Å². The molecule has 2 amide bonds. The zero-order chi connectivity index (χ0) is 18.4. The fourth-order valence-electron chi connectivity index (χ4n) is 2.47. The highest BCUT2D eigenvalue weighted by Gasteiger charge is 2.12. The molecule has 1 aromatic heterocycles. The summed E-state index contributed by atoms with van der Waals surface area (Å²) in [5.41, 5.74) is 2.54. The molecule has 6 heteroatoms. The predicted molar refractivity (Wildman–Crippen MR) is 104 cm³/mol. The predicted octanol–water partition coefficient (Wildman–Crippen LogP) is 3.88. The Labute approximate surface area is 156 Å². The lowest BCUT2D eigenvalue weighted by molar-refractivity contribution is -0.116. The normalized spacial score (nSPS) is 10.3. The maximum Gasteiger partial charge on any atom is 0.251 e. The Hall–Kier alpha value is -2.99. The van der Waals surface area contributed by atoms with Gasteiger partial charge >= 0.3 is 0 Å². The quantitative estimate of drug-likeness (QED) is 0.696. The van der Waals surface area contributed by atoms with Crippen LogP contribution in [0.25, 0.3) is 10.4 Å². The minimum absolute atomic E-state index is 0.174. The summed E-state index contributed by atoms with van der Waals surface area (Å²) in [6, 6.07) is 18.9. The lowest BCUT2D eigenvalue weighted by Crippen LogP contribution is -2.27. The largest absolute Gasteiger partial charge is 0.352 e. The number of anilines is 1. The van der Waals surface area contributed by atoms with Crippen molar-refractivity contribution in [2.24, 2.45) is 0 Å². The molecule has 132 valence electrons. The zero-order valence-electron chi connectivity index (χ0n) is 14.4. The fourth-order valence-corrected chi connectivity index (χ4v) is 3.46. The van der Waals surface area contributed by atoms with E-state index >= 15 is 0 Å². The van der Waals surface area contributed by atoms with Crippen molar-refractivity contribution < 1.29 is 9.59 Å². The van der Waals surface area contributed by atoms with Gasteiger partial charge in [0.2, 0.25) is 5.91 Å². The topological polar surface area (TPSA) is 71.1 Å². The molecule has 5 nitrogen and oxygen atoms in total. The third-order valence-corrected chi connectivity index (χ3v) is 4.87. The van der Waals surface area contributed by atoms with E-state index in [2.05, 4.69) is 15.6 Å². The van der Waals surface area contributed by atoms with E-state index in [9.17, 15) is 9.59 Å². The van der Waals surface area contributed by atoms with Gasteiger partial charge in [0.15, 0.2) is 5.13 Å². The van der Waals surface area contributed by atoms with Crippen molar-refractivity contribution in [3.8, 4) is 10.4 Å². The number of nitrogens with one attached hydrogen (secondary N) is 2. The summed E-state index contributed by atoms with van der Waals surface area (Å²) in [6.45, 7) is 2.20. The number of aryl methyl sites for hydroxylation is 1. The minimum atomic E-state index is -0.185. The fraction of sp³-hybridized carbons (Fsp3) is 0.150. The van der Waals surface area contributed by atoms with Crippen LogP contribution in [0.1, 0.15) is 22.5 Å². The van der Waals surface area contributed by atoms with Gasteiger partial charge in [0.05, 0.1) is 10.6 Å². The number of carbonyl (C=O) groups excluding carboxylic acids is 2. The highest BCUT2D eigenvalue weighted by Crippen LogP contribution is 2.32. The number of thiazole rings is 1. The first kappa shape index (κ1) is 17.8. The van der Waals surface area contributed by atoms with E-state index in [-0.39, 0.29) is 24.8 Å². The smallest absolute Gasteiger partial charge is 0.251 e. The molecule has 0 radical (unpaired) electrons. The van der Waals surface area contributed by atoms with Gasteiger partial charge in [-0.3, -0.25) is 9.59 Å². The van der Waals surface area contributed by atoms with Gasteiger partial charge in [-0.2, -0.15) is 0 Å². The molecule has 0 aliphatic carbocycles. The first-order valence-corrected chi connectivity index (χ1v) is 9.11. The Kier molecular flexibility index (Phi) is 5.76. The number of hydrogen-bond acceptors (Lipinski definition) is 4. The van der Waals surface area contributed by atoms with Gasteiger partial charge in [-0.15, -0.1) is 0 Å². The monoisotopic (exact) mass is 365 g/mol. The summed E-state index contributed by atoms with van der Waals surface area (Å²) < 4.78 is 0. The van der Waals surface area contributed by atoms with E-state index in [1.807, 2.05) is 43.3 Å². The second-order valence-electron chi connectivity index (χ2n) is 5.72. The lowest BCUT2D eigenvalue weighted by atomic mass is 10.2. The molecule has 0 bridgehead atoms. The third kappa shape index (κ3) is 4.55. The molecule has 2 N–H and O–H groups in total. The molecule has 0 saturated carbocycles. The van der Waals surface area contributed by atoms with Crippen molar-refractivity contribution in [2.75, 3.05) is 11.9 Å². The van der Waals surface area contributed by atoms with E-state index in [1.54, 1.807) is 24.3 Å². The van der Waals surface area contributed by atoms with Gasteiger partial charge in [-0.1, -0.05) is 59.9 Å². The van der Waals surface area contributed by atoms with E-state index in [0.717, 1.165) is 16.1 Å². The molecule has 1 heterocycles. The molecule has 0 spiro atoms. The van der Waals surface area contributed by atoms with Crippen LogP contribution in [0.15, 0.2) is 60.7 Å². The molecule has 0 unspecified atom stereocenters. The molecule has 0 aliphatic rings. The van der Waals surface area contributed by atoms with Crippen molar-refractivity contribution in [3.63, 3.8) is 0 Å². The minimum Gasteiger partial charge on any atom is -0.352 e. The van der Waals surface area contributed by atoms with Gasteiger partial charge in [0, 0.05) is 18.5 Å². The summed E-state index contributed by atoms with van der Waals surface area (Å²) in [5, 5.41) is 6.12. The highest BCUT2D eigenvalue weighted by atomic mass is 32.1. The first-order chi connectivity index (χ1) is 12.6. The molecule has 3 aromatic rings. The maximum absolute atomic E-state index is 12.1. The molecule has 0 atom stereocenters. The summed E-state index contributed by atoms with van der Waals surface area (Å²) in [7, 11) is 0. The molecule has 2 aromatic carbocycles. The zero-order valence-corrected chi connectivity index (χ0v) is 15.2. The average molecular weight is 365 g/mol. The number of rotatable bonds is 6. The van der Waals surface area contributed by atoms with E-state index < -0.39 is 0 Å². The van der Waals surface area contributed by atoms with Crippen molar-refractivity contribution in [3.05, 3.63) is 71.9 Å². The van der Waals surface area contributed by atoms with Crippen LogP contribution >= 0.6 is 11.3 Å². The van der Waals surface area contributed by atoms with Crippen LogP contribution < -0.4 is 10.6 Å². The van der Waals surface area contributed by atoms with Gasteiger partial charge < -0.3 is 10.6 Å². The number of amides is 2. The van der Waals surface area contributed by atoms with Gasteiger partial charge in [0.1, 0.15) is 0 Å². The summed E-state index contributed by atoms with van der Waals surface area (Å²) in [4.78, 5) is 29.5. The molecule has 0 fully saturated rings. The third-order valence-electron chi connectivity index (χ3n) is 3.75. The molecular weight excluding hydrogens is 346 g/mol. The molecule has 0 saturated heterocycles. The maximum atomic E-state index is 12.1. The molecule has 26 heavy (non-hydrogen) atoms. The van der Waals surface area contributed by atoms with E-state index in [4.69, 9.17) is 0 Å². The molecular formula is C20H19N3O2S. The number of carbonyl (C=O) groups is 2. The van der Waals surface area contributed by atoms with Crippen LogP contribution in [0.3, 0.4) is 0 Å². The number of benzene rings is 2. The van der Waals surface area contributed by atoms with Gasteiger partial charge in [-0.05, 0) is 24.6 Å². The van der Waals surface area contributed by atoms with Crippen molar-refractivity contribution in [1.29, 1.82) is 0 Å². The van der Waals surface area contributed by atoms with Crippen LogP contribution in [0.4, 0.5) is 5.13 Å². The second-order valence-corrected chi connectivity index (χ2v) is 6.72. The highest BCUT2D eigenvalue weighted by molar-refractivity contribution is 7.19.